The molecular weight excluding hydrogens is 160 g/mol. The maximum atomic E-state index is 5.09. The number of hydrogen-bond acceptors (Lipinski definition) is 1. The van der Waals surface area contributed by atoms with E-state index >= 15 is 0 Å². The van der Waals surface area contributed by atoms with Crippen LogP contribution in [0.4, 0.5) is 0 Å². The molecule has 74 valence electrons. The number of benzene rings is 1. The van der Waals surface area contributed by atoms with Crippen molar-refractivity contribution in [3.8, 4) is 5.75 Å². The quantitative estimate of drug-likeness (QED) is 0.675. The largest absolute Gasteiger partial charge is 0.497 e. The summed E-state index contributed by atoms with van der Waals surface area (Å²) in [6.07, 6.45) is 1.09. The Morgan fingerprint density at radius 3 is 2.23 bits per heavy atom. The van der Waals surface area contributed by atoms with Gasteiger partial charge in [-0.1, -0.05) is 26.8 Å². The van der Waals surface area contributed by atoms with Crippen LogP contribution in [0, 0.1) is 6.92 Å². The first-order valence-electron chi connectivity index (χ1n) is 4.91. The predicted molar refractivity (Wildman–Crippen MR) is 58.5 cm³/mol. The molecule has 0 atom stereocenters. The molecule has 1 heteroatoms. The van der Waals surface area contributed by atoms with Crippen LogP contribution in [0.2, 0.25) is 0 Å². The van der Waals surface area contributed by atoms with Crippen LogP contribution in [0.1, 0.15) is 31.9 Å². The molecule has 1 aromatic rings. The summed E-state index contributed by atoms with van der Waals surface area (Å²) in [7, 11) is 1.69. The van der Waals surface area contributed by atoms with Gasteiger partial charge in [-0.25, -0.2) is 0 Å². The molecular formula is C12H20O. The summed E-state index contributed by atoms with van der Waals surface area (Å²) in [5, 5.41) is 0. The highest BCUT2D eigenvalue weighted by Gasteiger charge is 1.96. The molecule has 0 N–H and O–H groups in total. The summed E-state index contributed by atoms with van der Waals surface area (Å²) in [5.41, 5.74) is 2.71. The Morgan fingerprint density at radius 2 is 1.85 bits per heavy atom. The summed E-state index contributed by atoms with van der Waals surface area (Å²) < 4.78 is 5.09. The highest BCUT2D eigenvalue weighted by Crippen LogP contribution is 2.16. The highest BCUT2D eigenvalue weighted by atomic mass is 16.5. The van der Waals surface area contributed by atoms with Crippen molar-refractivity contribution < 1.29 is 4.74 Å². The number of rotatable bonds is 2. The molecule has 0 bridgehead atoms. The predicted octanol–water partition coefficient (Wildman–Crippen LogP) is 3.59. The van der Waals surface area contributed by atoms with Gasteiger partial charge in [-0.05, 0) is 36.6 Å². The minimum absolute atomic E-state index is 0.944. The van der Waals surface area contributed by atoms with E-state index in [1.54, 1.807) is 7.11 Å². The zero-order valence-corrected chi connectivity index (χ0v) is 9.35. The van der Waals surface area contributed by atoms with E-state index in [1.165, 1.54) is 11.1 Å². The minimum Gasteiger partial charge on any atom is -0.497 e. The number of hydrogen-bond donors (Lipinski definition) is 0. The molecule has 13 heavy (non-hydrogen) atoms. The Bertz CT molecular complexity index is 241. The fraction of sp³-hybridized carbons (Fsp3) is 0.500. The lowest BCUT2D eigenvalue weighted by Crippen LogP contribution is -1.88. The molecule has 1 rings (SSSR count). The van der Waals surface area contributed by atoms with E-state index in [-0.39, 0.29) is 0 Å². The molecule has 0 spiro atoms. The summed E-state index contributed by atoms with van der Waals surface area (Å²) in [6, 6.07) is 6.19. The normalized spacial score (nSPS) is 8.69. The van der Waals surface area contributed by atoms with Gasteiger partial charge >= 0.3 is 0 Å². The lowest BCUT2D eigenvalue weighted by molar-refractivity contribution is 0.414. The minimum atomic E-state index is 0.944. The van der Waals surface area contributed by atoms with Crippen LogP contribution in [-0.2, 0) is 6.42 Å². The number of methoxy groups -OCH3 is 1. The lowest BCUT2D eigenvalue weighted by Gasteiger charge is -2.04. The zero-order valence-electron chi connectivity index (χ0n) is 9.35. The maximum absolute atomic E-state index is 5.09. The van der Waals surface area contributed by atoms with Crippen molar-refractivity contribution in [1.82, 2.24) is 0 Å². The summed E-state index contributed by atoms with van der Waals surface area (Å²) in [6.45, 7) is 8.27. The molecule has 0 aliphatic carbocycles. The molecule has 0 aliphatic rings. The second kappa shape index (κ2) is 6.53. The molecule has 0 saturated heterocycles. The molecule has 0 saturated carbocycles. The standard InChI is InChI=1S/C10H14O.C2H6/c1-4-9-5-6-10(11-3)7-8(9)2;1-2/h5-7H,4H2,1-3H3;1-2H3. The average molecular weight is 180 g/mol. The maximum Gasteiger partial charge on any atom is 0.119 e. The molecule has 0 amide bonds. The van der Waals surface area contributed by atoms with E-state index in [9.17, 15) is 0 Å². The van der Waals surface area contributed by atoms with Crippen LogP contribution in [0.15, 0.2) is 18.2 Å². The van der Waals surface area contributed by atoms with Gasteiger partial charge in [0.25, 0.3) is 0 Å². The van der Waals surface area contributed by atoms with Crippen LogP contribution in [0.3, 0.4) is 0 Å². The molecule has 1 aromatic carbocycles. The second-order valence-corrected chi connectivity index (χ2v) is 2.65. The molecule has 0 heterocycles. The second-order valence-electron chi connectivity index (χ2n) is 2.65. The lowest BCUT2D eigenvalue weighted by atomic mass is 10.1. The third kappa shape index (κ3) is 3.49. The highest BCUT2D eigenvalue weighted by molar-refractivity contribution is 5.34. The van der Waals surface area contributed by atoms with E-state index < -0.39 is 0 Å². The van der Waals surface area contributed by atoms with Crippen molar-refractivity contribution >= 4 is 0 Å². The fourth-order valence-electron chi connectivity index (χ4n) is 1.19. The Labute approximate surface area is 81.7 Å². The van der Waals surface area contributed by atoms with Crippen molar-refractivity contribution in [3.05, 3.63) is 29.3 Å². The smallest absolute Gasteiger partial charge is 0.119 e. The number of ether oxygens (including phenoxy) is 1. The Morgan fingerprint density at radius 1 is 1.23 bits per heavy atom. The van der Waals surface area contributed by atoms with Crippen LogP contribution < -0.4 is 4.74 Å². The van der Waals surface area contributed by atoms with Gasteiger partial charge in [0.1, 0.15) is 5.75 Å². The summed E-state index contributed by atoms with van der Waals surface area (Å²) >= 11 is 0. The van der Waals surface area contributed by atoms with E-state index in [1.807, 2.05) is 19.9 Å². The zero-order chi connectivity index (χ0) is 10.3. The van der Waals surface area contributed by atoms with Crippen molar-refractivity contribution in [2.24, 2.45) is 0 Å². The Hall–Kier alpha value is -0.980. The van der Waals surface area contributed by atoms with Crippen molar-refractivity contribution in [3.63, 3.8) is 0 Å². The van der Waals surface area contributed by atoms with Gasteiger partial charge < -0.3 is 4.74 Å². The van der Waals surface area contributed by atoms with Gasteiger partial charge in [-0.3, -0.25) is 0 Å². The monoisotopic (exact) mass is 180 g/mol. The first kappa shape index (κ1) is 12.0. The van der Waals surface area contributed by atoms with Gasteiger partial charge in [0.2, 0.25) is 0 Å². The first-order chi connectivity index (χ1) is 6.27. The summed E-state index contributed by atoms with van der Waals surface area (Å²) in [5.74, 6) is 0.944. The fourth-order valence-corrected chi connectivity index (χ4v) is 1.19. The van der Waals surface area contributed by atoms with E-state index in [4.69, 9.17) is 4.74 Å². The van der Waals surface area contributed by atoms with Gasteiger partial charge in [-0.15, -0.1) is 0 Å². The van der Waals surface area contributed by atoms with Gasteiger partial charge in [0, 0.05) is 0 Å². The first-order valence-corrected chi connectivity index (χ1v) is 4.91. The third-order valence-electron chi connectivity index (χ3n) is 1.93. The molecule has 1 nitrogen and oxygen atoms in total. The molecule has 0 aromatic heterocycles. The van der Waals surface area contributed by atoms with Crippen LogP contribution >= 0.6 is 0 Å². The molecule has 0 fully saturated rings. The van der Waals surface area contributed by atoms with E-state index in [0.29, 0.717) is 0 Å². The topological polar surface area (TPSA) is 9.23 Å². The summed E-state index contributed by atoms with van der Waals surface area (Å²) in [4.78, 5) is 0. The number of aryl methyl sites for hydroxylation is 2. The van der Waals surface area contributed by atoms with E-state index in [2.05, 4.69) is 26.0 Å². The van der Waals surface area contributed by atoms with Crippen LogP contribution in [0.25, 0.3) is 0 Å². The Balaban J connectivity index is 0.000000671. The third-order valence-corrected chi connectivity index (χ3v) is 1.93. The SMILES string of the molecule is CC.CCc1ccc(OC)cc1C. The van der Waals surface area contributed by atoms with Crippen LogP contribution in [0.5, 0.6) is 5.75 Å². The van der Waals surface area contributed by atoms with Crippen LogP contribution in [-0.4, -0.2) is 7.11 Å². The average Bonchev–Trinajstić information content (AvgIpc) is 2.20. The van der Waals surface area contributed by atoms with Crippen molar-refractivity contribution in [2.75, 3.05) is 7.11 Å². The molecule has 0 unspecified atom stereocenters. The Kier molecular flexibility index (Phi) is 6.03. The van der Waals surface area contributed by atoms with Crippen molar-refractivity contribution in [1.29, 1.82) is 0 Å². The van der Waals surface area contributed by atoms with Gasteiger partial charge in [0.15, 0.2) is 0 Å². The van der Waals surface area contributed by atoms with Gasteiger partial charge in [-0.2, -0.15) is 0 Å². The molecule has 0 aliphatic heterocycles. The molecule has 0 radical (unpaired) electrons. The van der Waals surface area contributed by atoms with E-state index in [0.717, 1.165) is 12.2 Å². The van der Waals surface area contributed by atoms with Crippen molar-refractivity contribution in [2.45, 2.75) is 34.1 Å². The van der Waals surface area contributed by atoms with Gasteiger partial charge in [0.05, 0.1) is 7.11 Å².